The molecule has 1 aromatic heterocycles. The van der Waals surface area contributed by atoms with Crippen LogP contribution in [0.3, 0.4) is 0 Å². The molecule has 1 atom stereocenters. The van der Waals surface area contributed by atoms with Crippen LogP contribution in [0.1, 0.15) is 42.9 Å². The number of esters is 2. The van der Waals surface area contributed by atoms with Gasteiger partial charge in [-0.1, -0.05) is 6.58 Å². The van der Waals surface area contributed by atoms with Crippen LogP contribution in [-0.2, 0) is 28.7 Å². The van der Waals surface area contributed by atoms with E-state index in [1.807, 2.05) is 0 Å². The third-order valence-corrected chi connectivity index (χ3v) is 4.43. The minimum atomic E-state index is -1.04. The lowest BCUT2D eigenvalue weighted by Gasteiger charge is -2.17. The standard InChI is InChI=1S/C19H24ClN3O6.C2H2Cl2O/c1-4-12-13(22-16(24)11-20)7-8-14(21-12)18(26)23-15(19(27)29-6-3)9-10-17(25)28-5-2;3-1-2(4)5/h4,7-8,15H,1,5-6,9-11H2,2-3H3,(H,22,24)(H,23,26);1H2. The van der Waals surface area contributed by atoms with Crippen LogP contribution in [0.2, 0.25) is 0 Å². The van der Waals surface area contributed by atoms with Gasteiger partial charge >= 0.3 is 11.9 Å². The summed E-state index contributed by atoms with van der Waals surface area (Å²) in [6.07, 6.45) is 1.32. The summed E-state index contributed by atoms with van der Waals surface area (Å²) in [5, 5.41) is 4.54. The second-order valence-electron chi connectivity index (χ2n) is 6.13. The molecule has 2 amide bonds. The van der Waals surface area contributed by atoms with Crippen LogP contribution in [0, 0.1) is 0 Å². The summed E-state index contributed by atoms with van der Waals surface area (Å²) >= 11 is 15.0. The van der Waals surface area contributed by atoms with Crippen LogP contribution in [0.4, 0.5) is 5.69 Å². The topological polar surface area (TPSA) is 141 Å². The van der Waals surface area contributed by atoms with Gasteiger partial charge in [0.15, 0.2) is 0 Å². The summed E-state index contributed by atoms with van der Waals surface area (Å²) in [5.41, 5.74) is 0.594. The highest BCUT2D eigenvalue weighted by atomic mass is 35.5. The second kappa shape index (κ2) is 17.7. The van der Waals surface area contributed by atoms with Crippen LogP contribution in [0.5, 0.6) is 0 Å². The normalized spacial score (nSPS) is 10.6. The Morgan fingerprint density at radius 2 is 1.71 bits per heavy atom. The van der Waals surface area contributed by atoms with Gasteiger partial charge in [0.25, 0.3) is 5.91 Å². The van der Waals surface area contributed by atoms with Gasteiger partial charge in [-0.25, -0.2) is 9.78 Å². The number of alkyl halides is 2. The summed E-state index contributed by atoms with van der Waals surface area (Å²) in [7, 11) is 0. The number of aromatic nitrogens is 1. The molecule has 0 aliphatic carbocycles. The lowest BCUT2D eigenvalue weighted by atomic mass is 10.1. The Morgan fingerprint density at radius 1 is 1.09 bits per heavy atom. The number of carbonyl (C=O) groups is 5. The van der Waals surface area contributed by atoms with Crippen molar-refractivity contribution in [2.75, 3.05) is 30.3 Å². The molecule has 10 nitrogen and oxygen atoms in total. The van der Waals surface area contributed by atoms with Gasteiger partial charge in [0, 0.05) is 6.42 Å². The summed E-state index contributed by atoms with van der Waals surface area (Å²) < 4.78 is 9.79. The Hall–Kier alpha value is -2.69. The Bertz CT molecular complexity index is 881. The average molecular weight is 539 g/mol. The quantitative estimate of drug-likeness (QED) is 0.235. The molecular weight excluding hydrogens is 513 g/mol. The van der Waals surface area contributed by atoms with Crippen LogP contribution in [0.15, 0.2) is 18.7 Å². The van der Waals surface area contributed by atoms with E-state index in [0.29, 0.717) is 5.69 Å². The minimum Gasteiger partial charge on any atom is -0.466 e. The van der Waals surface area contributed by atoms with E-state index < -0.39 is 35.0 Å². The third-order valence-electron chi connectivity index (χ3n) is 3.67. The summed E-state index contributed by atoms with van der Waals surface area (Å²) in [5.74, 6) is -2.56. The van der Waals surface area contributed by atoms with Crippen LogP contribution >= 0.6 is 34.8 Å². The highest BCUT2D eigenvalue weighted by Crippen LogP contribution is 2.16. The molecule has 0 saturated heterocycles. The highest BCUT2D eigenvalue weighted by Gasteiger charge is 2.24. The molecule has 1 aromatic rings. The van der Waals surface area contributed by atoms with E-state index in [2.05, 4.69) is 22.2 Å². The smallest absolute Gasteiger partial charge is 0.328 e. The molecule has 188 valence electrons. The van der Waals surface area contributed by atoms with Gasteiger partial charge in [0.2, 0.25) is 11.1 Å². The zero-order valence-corrected chi connectivity index (χ0v) is 21.0. The number of pyridine rings is 1. The van der Waals surface area contributed by atoms with Crippen molar-refractivity contribution < 1.29 is 33.4 Å². The number of nitrogens with one attached hydrogen (secondary N) is 2. The Kier molecular flexibility index (Phi) is 16.3. The minimum absolute atomic E-state index is 0.00537. The lowest BCUT2D eigenvalue weighted by molar-refractivity contribution is -0.147. The number of hydrogen-bond donors (Lipinski definition) is 2. The van der Waals surface area contributed by atoms with E-state index in [9.17, 15) is 24.0 Å². The highest BCUT2D eigenvalue weighted by molar-refractivity contribution is 6.67. The van der Waals surface area contributed by atoms with E-state index in [0.717, 1.165) is 0 Å². The van der Waals surface area contributed by atoms with E-state index in [4.69, 9.17) is 44.3 Å². The third kappa shape index (κ3) is 12.5. The molecule has 1 heterocycles. The summed E-state index contributed by atoms with van der Waals surface area (Å²) in [6.45, 7) is 7.25. The molecule has 0 saturated carbocycles. The maximum Gasteiger partial charge on any atom is 0.328 e. The zero-order chi connectivity index (χ0) is 26.1. The summed E-state index contributed by atoms with van der Waals surface area (Å²) in [4.78, 5) is 61.3. The van der Waals surface area contributed by atoms with Gasteiger partial charge in [-0.15, -0.1) is 23.2 Å². The SMILES string of the molecule is C=Cc1nc(C(=O)NC(CCC(=O)OCC)C(=O)OCC)ccc1NC(=O)CCl.O=C(Cl)CCl. The van der Waals surface area contributed by atoms with Crippen molar-refractivity contribution >= 4 is 75.6 Å². The number of anilines is 1. The number of hydrogen-bond acceptors (Lipinski definition) is 8. The van der Waals surface area contributed by atoms with Crippen molar-refractivity contribution in [1.82, 2.24) is 10.3 Å². The predicted octanol–water partition coefficient (Wildman–Crippen LogP) is 2.90. The summed E-state index contributed by atoms with van der Waals surface area (Å²) in [6, 6.07) is 1.80. The number of nitrogens with zero attached hydrogens (tertiary/aromatic N) is 1. The van der Waals surface area contributed by atoms with Gasteiger partial charge < -0.3 is 20.1 Å². The van der Waals surface area contributed by atoms with Crippen molar-refractivity contribution in [3.05, 3.63) is 30.1 Å². The van der Waals surface area contributed by atoms with Crippen LogP contribution in [-0.4, -0.2) is 65.0 Å². The molecule has 1 rings (SSSR count). The fraction of sp³-hybridized carbons (Fsp3) is 0.429. The number of ether oxygens (including phenoxy) is 2. The first-order valence-electron chi connectivity index (χ1n) is 10.00. The molecule has 0 spiro atoms. The zero-order valence-electron chi connectivity index (χ0n) is 18.7. The van der Waals surface area contributed by atoms with Crippen LogP contribution < -0.4 is 10.6 Å². The largest absolute Gasteiger partial charge is 0.466 e. The average Bonchev–Trinajstić information content (AvgIpc) is 2.82. The molecule has 0 radical (unpaired) electrons. The van der Waals surface area contributed by atoms with E-state index in [-0.39, 0.29) is 49.2 Å². The maximum atomic E-state index is 12.6. The molecular formula is C21H26Cl3N3O7. The fourth-order valence-electron chi connectivity index (χ4n) is 2.27. The van der Waals surface area contributed by atoms with Crippen molar-refractivity contribution in [1.29, 1.82) is 0 Å². The molecule has 0 aliphatic rings. The van der Waals surface area contributed by atoms with Gasteiger partial charge in [0.05, 0.1) is 30.5 Å². The van der Waals surface area contributed by atoms with Crippen molar-refractivity contribution in [3.63, 3.8) is 0 Å². The Morgan fingerprint density at radius 3 is 2.21 bits per heavy atom. The van der Waals surface area contributed by atoms with Gasteiger partial charge in [-0.2, -0.15) is 0 Å². The van der Waals surface area contributed by atoms with Crippen molar-refractivity contribution in [2.24, 2.45) is 0 Å². The molecule has 1 unspecified atom stereocenters. The van der Waals surface area contributed by atoms with Gasteiger partial charge in [-0.3, -0.25) is 19.2 Å². The number of amides is 2. The van der Waals surface area contributed by atoms with E-state index in [1.54, 1.807) is 13.8 Å². The predicted molar refractivity (Wildman–Crippen MR) is 129 cm³/mol. The molecule has 0 aliphatic heterocycles. The monoisotopic (exact) mass is 537 g/mol. The van der Waals surface area contributed by atoms with E-state index in [1.165, 1.54) is 18.2 Å². The molecule has 0 aromatic carbocycles. The molecule has 13 heteroatoms. The molecule has 0 bridgehead atoms. The fourth-order valence-corrected chi connectivity index (χ4v) is 2.33. The van der Waals surface area contributed by atoms with Crippen LogP contribution in [0.25, 0.3) is 6.08 Å². The van der Waals surface area contributed by atoms with Crippen molar-refractivity contribution in [2.45, 2.75) is 32.7 Å². The molecule has 2 N–H and O–H groups in total. The Balaban J connectivity index is 0.00000196. The number of halogens is 3. The molecule has 0 fully saturated rings. The first-order chi connectivity index (χ1) is 16.1. The second-order valence-corrected chi connectivity index (χ2v) is 7.08. The number of rotatable bonds is 12. The van der Waals surface area contributed by atoms with Crippen molar-refractivity contribution in [3.8, 4) is 0 Å². The first-order valence-corrected chi connectivity index (χ1v) is 11.4. The number of carbonyl (C=O) groups excluding carboxylic acids is 5. The Labute approximate surface area is 212 Å². The van der Waals surface area contributed by atoms with Gasteiger partial charge in [-0.05, 0) is 50.1 Å². The maximum absolute atomic E-state index is 12.6. The first kappa shape index (κ1) is 31.3. The van der Waals surface area contributed by atoms with Gasteiger partial charge in [0.1, 0.15) is 17.6 Å². The molecule has 34 heavy (non-hydrogen) atoms. The lowest BCUT2D eigenvalue weighted by Crippen LogP contribution is -2.42. The van der Waals surface area contributed by atoms with E-state index >= 15 is 0 Å².